The smallest absolute Gasteiger partial charge is 0.105 e. The van der Waals surface area contributed by atoms with Crippen LogP contribution in [-0.2, 0) is 13.7 Å². The Morgan fingerprint density at radius 2 is 2.50 bits per heavy atom. The normalized spacial score (nSPS) is 26.7. The molecule has 0 aliphatic carbocycles. The molecule has 3 nitrogen and oxygen atoms in total. The summed E-state index contributed by atoms with van der Waals surface area (Å²) < 4.78 is 15.5. The Labute approximate surface area is 76.6 Å². The third kappa shape index (κ3) is 3.38. The third-order valence-electron chi connectivity index (χ3n) is 1.18. The Morgan fingerprint density at radius 1 is 1.60 bits per heavy atom. The average molecular weight is 276 g/mol. The lowest BCUT2D eigenvalue weighted by Crippen LogP contribution is -2.31. The molecule has 1 aliphatic rings. The summed E-state index contributed by atoms with van der Waals surface area (Å²) in [5, 5.41) is 0. The highest BCUT2D eigenvalue weighted by Gasteiger charge is 2.13. The van der Waals surface area contributed by atoms with Crippen molar-refractivity contribution in [1.29, 1.82) is 0 Å². The first-order chi connectivity index (χ1) is 4.93. The molecule has 1 fully saturated rings. The van der Waals surface area contributed by atoms with Gasteiger partial charge < -0.3 is 13.7 Å². The zero-order valence-corrected chi connectivity index (χ0v) is 8.39. The van der Waals surface area contributed by atoms with E-state index < -0.39 is 0 Å². The highest BCUT2D eigenvalue weighted by Crippen LogP contribution is 2.14. The van der Waals surface area contributed by atoms with Crippen molar-refractivity contribution < 1.29 is 13.7 Å². The van der Waals surface area contributed by atoms with E-state index in [2.05, 4.69) is 21.2 Å². The van der Waals surface area contributed by atoms with Gasteiger partial charge in [-0.2, -0.15) is 0 Å². The van der Waals surface area contributed by atoms with E-state index in [4.69, 9.17) is 13.7 Å². The van der Waals surface area contributed by atoms with Gasteiger partial charge in [-0.25, -0.2) is 0 Å². The third-order valence-corrected chi connectivity index (χ3v) is 2.17. The zero-order valence-electron chi connectivity index (χ0n) is 5.42. The molecule has 1 aliphatic heterocycles. The summed E-state index contributed by atoms with van der Waals surface area (Å²) in [6.45, 7) is 2.69. The van der Waals surface area contributed by atoms with Crippen LogP contribution in [0.15, 0.2) is 0 Å². The van der Waals surface area contributed by atoms with Gasteiger partial charge in [-0.05, 0) is 0 Å². The summed E-state index contributed by atoms with van der Waals surface area (Å²) in [5.74, 6) is 0. The number of hydrogen-bond acceptors (Lipinski definition) is 4. The van der Waals surface area contributed by atoms with Gasteiger partial charge in [-0.3, -0.25) is 0 Å². The second-order valence-corrected chi connectivity index (χ2v) is 3.36. The molecule has 0 aromatic heterocycles. The van der Waals surface area contributed by atoms with E-state index in [9.17, 15) is 0 Å². The van der Waals surface area contributed by atoms with Gasteiger partial charge in [0.25, 0.3) is 0 Å². The van der Waals surface area contributed by atoms with Gasteiger partial charge in [0.2, 0.25) is 0 Å². The lowest BCUT2D eigenvalue weighted by atomic mass is 10.4. The van der Waals surface area contributed by atoms with Crippen LogP contribution in [-0.4, -0.2) is 32.5 Å². The van der Waals surface area contributed by atoms with Gasteiger partial charge in [0.1, 0.15) is 6.10 Å². The topological polar surface area (TPSA) is 27.7 Å². The predicted octanol–water partition coefficient (Wildman–Crippen LogP) is 1.42. The Hall–Kier alpha value is 0.960. The van der Waals surface area contributed by atoms with Crippen molar-refractivity contribution in [2.75, 3.05) is 26.4 Å². The fraction of sp³-hybridized carbons (Fsp3) is 1.00. The molecule has 0 spiro atoms. The molecule has 0 N–H and O–H groups in total. The van der Waals surface area contributed by atoms with Crippen LogP contribution in [0.2, 0.25) is 0 Å². The standard InChI is InChI=1S/C5H9IO3S/c6-10-9-4-5-3-7-1-2-8-5/h5H,1-4H2/t5-/m1/s1. The first kappa shape index (κ1) is 9.05. The van der Waals surface area contributed by atoms with Crippen LogP contribution in [0.3, 0.4) is 0 Å². The van der Waals surface area contributed by atoms with E-state index in [-0.39, 0.29) is 6.10 Å². The van der Waals surface area contributed by atoms with Gasteiger partial charge in [-0.15, -0.1) is 0 Å². The lowest BCUT2D eigenvalue weighted by Gasteiger charge is -2.21. The fourth-order valence-electron chi connectivity index (χ4n) is 0.734. The highest BCUT2D eigenvalue weighted by atomic mass is 127. The van der Waals surface area contributed by atoms with E-state index in [0.29, 0.717) is 26.4 Å². The predicted molar refractivity (Wildman–Crippen MR) is 48.1 cm³/mol. The average Bonchev–Trinajstić information content (AvgIpc) is 2.03. The van der Waals surface area contributed by atoms with Gasteiger partial charge >= 0.3 is 0 Å². The quantitative estimate of drug-likeness (QED) is 0.575. The van der Waals surface area contributed by atoms with E-state index in [1.54, 1.807) is 0 Å². The Bertz CT molecular complexity index is 87.0. The summed E-state index contributed by atoms with van der Waals surface area (Å²) in [6, 6.07) is 0. The van der Waals surface area contributed by atoms with E-state index in [1.807, 2.05) is 0 Å². The molecule has 60 valence electrons. The van der Waals surface area contributed by atoms with Crippen molar-refractivity contribution in [2.45, 2.75) is 6.10 Å². The van der Waals surface area contributed by atoms with Crippen LogP contribution in [0.25, 0.3) is 0 Å². The highest BCUT2D eigenvalue weighted by molar-refractivity contribution is 14.2. The Kier molecular flexibility index (Phi) is 5.06. The van der Waals surface area contributed by atoms with Crippen LogP contribution in [0.1, 0.15) is 0 Å². The minimum absolute atomic E-state index is 0.135. The molecule has 1 rings (SSSR count). The van der Waals surface area contributed by atoms with Crippen molar-refractivity contribution in [1.82, 2.24) is 0 Å². The number of hydrogen-bond donors (Lipinski definition) is 0. The molecular weight excluding hydrogens is 267 g/mol. The maximum Gasteiger partial charge on any atom is 0.105 e. The summed E-state index contributed by atoms with van der Waals surface area (Å²) in [5.41, 5.74) is 0. The molecule has 0 radical (unpaired) electrons. The number of ether oxygens (including phenoxy) is 2. The van der Waals surface area contributed by atoms with Crippen LogP contribution in [0, 0.1) is 0 Å². The van der Waals surface area contributed by atoms with Crippen molar-refractivity contribution in [2.24, 2.45) is 0 Å². The molecule has 1 heterocycles. The minimum Gasteiger partial charge on any atom is -0.376 e. The van der Waals surface area contributed by atoms with Gasteiger partial charge in [0.15, 0.2) is 0 Å². The molecule has 1 atom stereocenters. The fourth-order valence-corrected chi connectivity index (χ4v) is 1.38. The number of halogens is 1. The summed E-state index contributed by atoms with van der Waals surface area (Å²) in [7, 11) is 1.33. The molecule has 5 heteroatoms. The summed E-state index contributed by atoms with van der Waals surface area (Å²) in [6.07, 6.45) is 0.135. The van der Waals surface area contributed by atoms with Gasteiger partial charge in [0, 0.05) is 21.2 Å². The van der Waals surface area contributed by atoms with Gasteiger partial charge in [0.05, 0.1) is 35.6 Å². The second-order valence-electron chi connectivity index (χ2n) is 1.92. The molecule has 0 saturated carbocycles. The van der Waals surface area contributed by atoms with Crippen LogP contribution < -0.4 is 0 Å². The van der Waals surface area contributed by atoms with Crippen LogP contribution in [0.5, 0.6) is 0 Å². The first-order valence-electron chi connectivity index (χ1n) is 3.03. The molecule has 0 aromatic rings. The second kappa shape index (κ2) is 5.59. The lowest BCUT2D eigenvalue weighted by molar-refractivity contribution is -0.0991. The molecule has 0 amide bonds. The molecule has 0 aromatic carbocycles. The van der Waals surface area contributed by atoms with Crippen molar-refractivity contribution in [3.05, 3.63) is 0 Å². The minimum atomic E-state index is 0.135. The van der Waals surface area contributed by atoms with Crippen molar-refractivity contribution >= 4 is 30.4 Å². The molecular formula is C5H9IO3S. The Morgan fingerprint density at radius 3 is 3.10 bits per heavy atom. The van der Waals surface area contributed by atoms with Gasteiger partial charge in [-0.1, -0.05) is 0 Å². The number of rotatable bonds is 3. The van der Waals surface area contributed by atoms with E-state index in [1.165, 1.54) is 9.21 Å². The summed E-state index contributed by atoms with van der Waals surface area (Å²) >= 11 is 2.08. The molecule has 0 unspecified atom stereocenters. The van der Waals surface area contributed by atoms with Crippen molar-refractivity contribution in [3.63, 3.8) is 0 Å². The molecule has 0 bridgehead atoms. The molecule has 1 saturated heterocycles. The van der Waals surface area contributed by atoms with Crippen LogP contribution in [0.4, 0.5) is 0 Å². The van der Waals surface area contributed by atoms with Crippen LogP contribution >= 0.6 is 30.4 Å². The monoisotopic (exact) mass is 276 g/mol. The summed E-state index contributed by atoms with van der Waals surface area (Å²) in [4.78, 5) is 0. The van der Waals surface area contributed by atoms with E-state index in [0.717, 1.165) is 0 Å². The zero-order chi connectivity index (χ0) is 7.23. The SMILES string of the molecule is ISOC[C@H]1COCCO1. The van der Waals surface area contributed by atoms with E-state index >= 15 is 0 Å². The van der Waals surface area contributed by atoms with Crippen molar-refractivity contribution in [3.8, 4) is 0 Å². The molecule has 10 heavy (non-hydrogen) atoms. The maximum atomic E-state index is 5.31. The largest absolute Gasteiger partial charge is 0.376 e. The first-order valence-corrected chi connectivity index (χ1v) is 6.31. The Balaban J connectivity index is 2.02. The maximum absolute atomic E-state index is 5.31.